The van der Waals surface area contributed by atoms with Gasteiger partial charge >= 0.3 is 0 Å². The van der Waals surface area contributed by atoms with Gasteiger partial charge in [-0.15, -0.1) is 0 Å². The van der Waals surface area contributed by atoms with Crippen LogP contribution in [0.5, 0.6) is 0 Å². The zero-order valence-corrected chi connectivity index (χ0v) is 12.1. The van der Waals surface area contributed by atoms with Crippen LogP contribution in [-0.2, 0) is 15.5 Å². The molecule has 0 radical (unpaired) electrons. The predicted molar refractivity (Wildman–Crippen MR) is 72.6 cm³/mol. The van der Waals surface area contributed by atoms with Crippen LogP contribution >= 0.6 is 15.9 Å². The van der Waals surface area contributed by atoms with Gasteiger partial charge in [0.1, 0.15) is 0 Å². The summed E-state index contributed by atoms with van der Waals surface area (Å²) in [5, 5.41) is 3.27. The summed E-state index contributed by atoms with van der Waals surface area (Å²) in [7, 11) is 0.890. The standard InChI is InChI=1S/C12H16BrNO2S/c1-14-11-5-6-16-8-12(11)17(15)10-4-2-3-9(13)7-10/h2-4,7,11-12,14H,5-6,8H2,1H3. The Kier molecular flexibility index (Phi) is 4.73. The average Bonchev–Trinajstić information content (AvgIpc) is 2.38. The van der Waals surface area contributed by atoms with Gasteiger partial charge in [0.25, 0.3) is 0 Å². The van der Waals surface area contributed by atoms with Gasteiger partial charge in [-0.3, -0.25) is 4.21 Å². The van der Waals surface area contributed by atoms with Crippen molar-refractivity contribution in [2.24, 2.45) is 0 Å². The van der Waals surface area contributed by atoms with E-state index in [1.807, 2.05) is 31.3 Å². The molecule has 0 bridgehead atoms. The Hall–Kier alpha value is -0.230. The maximum Gasteiger partial charge on any atom is 0.0781 e. The van der Waals surface area contributed by atoms with Crippen molar-refractivity contribution in [3.8, 4) is 0 Å². The van der Waals surface area contributed by atoms with E-state index >= 15 is 0 Å². The summed E-state index contributed by atoms with van der Waals surface area (Å²) in [6.07, 6.45) is 0.918. The Morgan fingerprint density at radius 2 is 2.35 bits per heavy atom. The molecule has 3 unspecified atom stereocenters. The highest BCUT2D eigenvalue weighted by Crippen LogP contribution is 2.21. The average molecular weight is 318 g/mol. The van der Waals surface area contributed by atoms with Crippen LogP contribution in [0.1, 0.15) is 6.42 Å². The lowest BCUT2D eigenvalue weighted by Crippen LogP contribution is -2.47. The van der Waals surface area contributed by atoms with Crippen molar-refractivity contribution in [2.75, 3.05) is 20.3 Å². The van der Waals surface area contributed by atoms with Crippen molar-refractivity contribution >= 4 is 26.7 Å². The summed E-state index contributed by atoms with van der Waals surface area (Å²) in [6.45, 7) is 1.31. The van der Waals surface area contributed by atoms with Crippen LogP contribution in [-0.4, -0.2) is 35.8 Å². The topological polar surface area (TPSA) is 38.3 Å². The van der Waals surface area contributed by atoms with Gasteiger partial charge in [-0.2, -0.15) is 0 Å². The van der Waals surface area contributed by atoms with E-state index in [4.69, 9.17) is 4.74 Å². The Balaban J connectivity index is 2.18. The molecule has 2 rings (SSSR count). The van der Waals surface area contributed by atoms with E-state index in [0.29, 0.717) is 6.61 Å². The van der Waals surface area contributed by atoms with Crippen LogP contribution in [0.4, 0.5) is 0 Å². The first-order valence-electron chi connectivity index (χ1n) is 5.63. The van der Waals surface area contributed by atoms with E-state index in [9.17, 15) is 4.21 Å². The highest BCUT2D eigenvalue weighted by molar-refractivity contribution is 9.10. The fraction of sp³-hybridized carbons (Fsp3) is 0.500. The zero-order valence-electron chi connectivity index (χ0n) is 9.69. The minimum atomic E-state index is -1.03. The molecule has 1 heterocycles. The fourth-order valence-corrected chi connectivity index (χ4v) is 4.17. The molecule has 1 N–H and O–H groups in total. The minimum absolute atomic E-state index is 0.0306. The molecule has 3 atom stereocenters. The van der Waals surface area contributed by atoms with Crippen LogP contribution in [0, 0.1) is 0 Å². The number of ether oxygens (including phenoxy) is 1. The first-order chi connectivity index (χ1) is 8.22. The number of hydrogen-bond acceptors (Lipinski definition) is 3. The van der Waals surface area contributed by atoms with Crippen molar-refractivity contribution < 1.29 is 8.95 Å². The lowest BCUT2D eigenvalue weighted by atomic mass is 10.1. The summed E-state index contributed by atoms with van der Waals surface area (Å²) in [6, 6.07) is 7.94. The Morgan fingerprint density at radius 3 is 3.06 bits per heavy atom. The van der Waals surface area contributed by atoms with Crippen LogP contribution in [0.3, 0.4) is 0 Å². The number of nitrogens with one attached hydrogen (secondary N) is 1. The third kappa shape index (κ3) is 3.16. The van der Waals surface area contributed by atoms with Gasteiger partial charge in [-0.05, 0) is 31.7 Å². The molecule has 1 aliphatic rings. The van der Waals surface area contributed by atoms with E-state index in [0.717, 1.165) is 22.4 Å². The Bertz CT molecular complexity index is 413. The number of rotatable bonds is 3. The van der Waals surface area contributed by atoms with Gasteiger partial charge in [0.05, 0.1) is 22.7 Å². The highest BCUT2D eigenvalue weighted by Gasteiger charge is 2.30. The second kappa shape index (κ2) is 6.09. The van der Waals surface area contributed by atoms with E-state index in [-0.39, 0.29) is 11.3 Å². The molecule has 17 heavy (non-hydrogen) atoms. The molecule has 1 fully saturated rings. The molecular formula is C12H16BrNO2S. The van der Waals surface area contributed by atoms with Gasteiger partial charge < -0.3 is 10.1 Å². The van der Waals surface area contributed by atoms with Gasteiger partial charge in [0.15, 0.2) is 0 Å². The lowest BCUT2D eigenvalue weighted by Gasteiger charge is -2.30. The summed E-state index contributed by atoms with van der Waals surface area (Å²) in [5.74, 6) is 0. The molecule has 0 spiro atoms. The van der Waals surface area contributed by atoms with Crippen LogP contribution in [0.25, 0.3) is 0 Å². The molecule has 1 aliphatic heterocycles. The third-order valence-electron chi connectivity index (χ3n) is 2.98. The van der Waals surface area contributed by atoms with E-state index < -0.39 is 10.8 Å². The normalized spacial score (nSPS) is 26.7. The van der Waals surface area contributed by atoms with Gasteiger partial charge in [0.2, 0.25) is 0 Å². The van der Waals surface area contributed by atoms with Crippen molar-refractivity contribution in [2.45, 2.75) is 22.6 Å². The zero-order chi connectivity index (χ0) is 12.3. The first-order valence-corrected chi connectivity index (χ1v) is 7.64. The van der Waals surface area contributed by atoms with E-state index in [1.165, 1.54) is 0 Å². The minimum Gasteiger partial charge on any atom is -0.380 e. The predicted octanol–water partition coefficient (Wildman–Crippen LogP) is 1.93. The smallest absolute Gasteiger partial charge is 0.0781 e. The maximum absolute atomic E-state index is 12.5. The summed E-state index contributed by atoms with van der Waals surface area (Å²) < 4.78 is 18.9. The molecule has 1 aromatic rings. The molecule has 5 heteroatoms. The Labute approximate surface area is 113 Å². The van der Waals surface area contributed by atoms with Crippen molar-refractivity contribution in [3.63, 3.8) is 0 Å². The fourth-order valence-electron chi connectivity index (χ4n) is 2.02. The highest BCUT2D eigenvalue weighted by atomic mass is 79.9. The van der Waals surface area contributed by atoms with Gasteiger partial charge in [0, 0.05) is 22.0 Å². The second-order valence-electron chi connectivity index (χ2n) is 4.05. The maximum atomic E-state index is 12.5. The monoisotopic (exact) mass is 317 g/mol. The largest absolute Gasteiger partial charge is 0.380 e. The van der Waals surface area contributed by atoms with Crippen LogP contribution in [0.15, 0.2) is 33.6 Å². The summed E-state index contributed by atoms with van der Waals surface area (Å²) in [5.41, 5.74) is 0. The molecule has 0 aliphatic carbocycles. The van der Waals surface area contributed by atoms with Crippen molar-refractivity contribution in [3.05, 3.63) is 28.7 Å². The number of benzene rings is 1. The molecule has 94 valence electrons. The van der Waals surface area contributed by atoms with E-state index in [1.54, 1.807) is 0 Å². The van der Waals surface area contributed by atoms with Gasteiger partial charge in [-0.1, -0.05) is 22.0 Å². The van der Waals surface area contributed by atoms with Crippen LogP contribution < -0.4 is 5.32 Å². The summed E-state index contributed by atoms with van der Waals surface area (Å²) >= 11 is 3.41. The van der Waals surface area contributed by atoms with Crippen molar-refractivity contribution in [1.29, 1.82) is 0 Å². The third-order valence-corrected chi connectivity index (χ3v) is 5.20. The summed E-state index contributed by atoms with van der Waals surface area (Å²) in [4.78, 5) is 0.857. The second-order valence-corrected chi connectivity index (χ2v) is 6.64. The molecule has 0 saturated carbocycles. The quantitative estimate of drug-likeness (QED) is 0.925. The van der Waals surface area contributed by atoms with Crippen molar-refractivity contribution in [1.82, 2.24) is 5.32 Å². The SMILES string of the molecule is CNC1CCOCC1S(=O)c1cccc(Br)c1. The van der Waals surface area contributed by atoms with Crippen LogP contribution in [0.2, 0.25) is 0 Å². The van der Waals surface area contributed by atoms with Gasteiger partial charge in [-0.25, -0.2) is 0 Å². The number of halogens is 1. The molecule has 3 nitrogen and oxygen atoms in total. The lowest BCUT2D eigenvalue weighted by molar-refractivity contribution is 0.0838. The Morgan fingerprint density at radius 1 is 1.53 bits per heavy atom. The molecule has 0 amide bonds. The molecule has 1 aromatic carbocycles. The first kappa shape index (κ1) is 13.2. The molecule has 0 aromatic heterocycles. The van der Waals surface area contributed by atoms with E-state index in [2.05, 4.69) is 21.2 Å². The molecule has 1 saturated heterocycles. The molecular weight excluding hydrogens is 302 g/mol. The number of hydrogen-bond donors (Lipinski definition) is 1.